The van der Waals surface area contributed by atoms with Gasteiger partial charge < -0.3 is 4.90 Å². The van der Waals surface area contributed by atoms with E-state index < -0.39 is 0 Å². The van der Waals surface area contributed by atoms with E-state index in [1.807, 2.05) is 0 Å². The summed E-state index contributed by atoms with van der Waals surface area (Å²) >= 11 is 0. The molecule has 0 spiro atoms. The van der Waals surface area contributed by atoms with E-state index in [1.54, 1.807) is 0 Å². The molecule has 0 fully saturated rings. The van der Waals surface area contributed by atoms with Gasteiger partial charge in [0.05, 0.1) is 0 Å². The second-order valence-electron chi connectivity index (χ2n) is 17.3. The Hall–Kier alpha value is -7.74. The van der Waals surface area contributed by atoms with Gasteiger partial charge in [0.25, 0.3) is 0 Å². The van der Waals surface area contributed by atoms with Gasteiger partial charge in [-0.15, -0.1) is 0 Å². The highest BCUT2D eigenvalue weighted by atomic mass is 15.1. The molecule has 0 amide bonds. The van der Waals surface area contributed by atoms with Crippen molar-refractivity contribution in [2.75, 3.05) is 4.90 Å². The normalized spacial score (nSPS) is 12.8. The maximum atomic E-state index is 2.41. The molecule has 0 saturated carbocycles. The molecule has 0 saturated heterocycles. The highest BCUT2D eigenvalue weighted by Crippen LogP contribution is 2.51. The van der Waals surface area contributed by atoms with Crippen LogP contribution in [-0.2, 0) is 5.41 Å². The van der Waals surface area contributed by atoms with Crippen LogP contribution in [0.2, 0.25) is 0 Å². The van der Waals surface area contributed by atoms with Gasteiger partial charge in [-0.1, -0.05) is 190 Å². The van der Waals surface area contributed by atoms with Crippen LogP contribution in [0.5, 0.6) is 0 Å². The van der Waals surface area contributed by atoms with E-state index in [0.717, 1.165) is 17.1 Å². The Morgan fingerprint density at radius 2 is 0.742 bits per heavy atom. The van der Waals surface area contributed by atoms with Crippen LogP contribution in [0.4, 0.5) is 17.1 Å². The molecule has 292 valence electrons. The average Bonchev–Trinajstić information content (AvgIpc) is 3.57. The molecule has 1 nitrogen and oxygen atoms in total. The molecule has 0 N–H and O–H groups in total. The zero-order chi connectivity index (χ0) is 41.4. The van der Waals surface area contributed by atoms with Gasteiger partial charge in [-0.2, -0.15) is 0 Å². The molecule has 62 heavy (non-hydrogen) atoms. The van der Waals surface area contributed by atoms with E-state index >= 15 is 0 Å². The van der Waals surface area contributed by atoms with Crippen molar-refractivity contribution in [1.29, 1.82) is 0 Å². The Morgan fingerprint density at radius 1 is 0.274 bits per heavy atom. The first kappa shape index (κ1) is 36.1. The zero-order valence-corrected chi connectivity index (χ0v) is 34.8. The number of rotatable bonds is 6. The molecule has 0 unspecified atom stereocenters. The van der Waals surface area contributed by atoms with Crippen molar-refractivity contribution < 1.29 is 0 Å². The predicted molar refractivity (Wildman–Crippen MR) is 265 cm³/mol. The largest absolute Gasteiger partial charge is 0.310 e. The van der Waals surface area contributed by atoms with E-state index in [4.69, 9.17) is 0 Å². The molecular formula is C61H43N. The first-order valence-electron chi connectivity index (χ1n) is 21.7. The molecule has 0 bridgehead atoms. The number of hydrogen-bond acceptors (Lipinski definition) is 1. The van der Waals surface area contributed by atoms with Crippen molar-refractivity contribution in [3.8, 4) is 44.5 Å². The summed E-state index contributed by atoms with van der Waals surface area (Å²) in [5, 5.41) is 10.2. The van der Waals surface area contributed by atoms with Gasteiger partial charge in [-0.05, 0) is 147 Å². The van der Waals surface area contributed by atoms with Gasteiger partial charge in [0.1, 0.15) is 0 Å². The predicted octanol–water partition coefficient (Wildman–Crippen LogP) is 17.1. The highest BCUT2D eigenvalue weighted by molar-refractivity contribution is 6.26. The van der Waals surface area contributed by atoms with Gasteiger partial charge in [0.2, 0.25) is 0 Å². The Balaban J connectivity index is 0.951. The lowest BCUT2D eigenvalue weighted by atomic mass is 9.82. The first-order valence-corrected chi connectivity index (χ1v) is 21.7. The Bertz CT molecular complexity index is 3500. The third-order valence-electron chi connectivity index (χ3n) is 13.5. The standard InChI is InChI=1S/C61H43N/c1-61(2)59-22-11-10-20-55(59)56-36-33-48(39-60(56)61)62(46-29-23-41(24-30-46)40-13-4-3-5-14-40)47-31-25-42(26-32-47)44-27-34-53-54-35-28-45(50-21-12-16-43-15-6-7-17-49(43)50)38-58(54)52-19-9-8-18-51(52)57(53)37-44/h3-39H,1-2H3. The Kier molecular flexibility index (Phi) is 8.27. The van der Waals surface area contributed by atoms with Crippen molar-refractivity contribution >= 4 is 60.2 Å². The summed E-state index contributed by atoms with van der Waals surface area (Å²) < 4.78 is 0. The van der Waals surface area contributed by atoms with E-state index in [-0.39, 0.29) is 5.41 Å². The third kappa shape index (κ3) is 5.77. The minimum absolute atomic E-state index is 0.0979. The van der Waals surface area contributed by atoms with Crippen molar-refractivity contribution in [3.05, 3.63) is 236 Å². The van der Waals surface area contributed by atoms with Crippen LogP contribution in [0.15, 0.2) is 224 Å². The summed E-state index contributed by atoms with van der Waals surface area (Å²) in [6.07, 6.45) is 0. The van der Waals surface area contributed by atoms with Crippen molar-refractivity contribution in [1.82, 2.24) is 0 Å². The SMILES string of the molecule is CC1(C)c2ccccc2-c2ccc(N(c3ccc(-c4ccccc4)cc3)c3ccc(-c4ccc5c6ccc(-c7cccc8ccccc78)cc6c6ccccc6c5c4)cc3)cc21. The Labute approximate surface area is 362 Å². The molecule has 0 atom stereocenters. The Morgan fingerprint density at radius 3 is 1.45 bits per heavy atom. The summed E-state index contributed by atoms with van der Waals surface area (Å²) in [5.74, 6) is 0. The van der Waals surface area contributed by atoms with Crippen molar-refractivity contribution in [2.24, 2.45) is 0 Å². The minimum atomic E-state index is -0.0979. The zero-order valence-electron chi connectivity index (χ0n) is 34.8. The summed E-state index contributed by atoms with van der Waals surface area (Å²) in [4.78, 5) is 2.41. The number of nitrogens with zero attached hydrogens (tertiary/aromatic N) is 1. The fourth-order valence-corrected chi connectivity index (χ4v) is 10.3. The quantitative estimate of drug-likeness (QED) is 0.152. The van der Waals surface area contributed by atoms with E-state index in [2.05, 4.69) is 243 Å². The van der Waals surface area contributed by atoms with E-state index in [1.165, 1.54) is 98.7 Å². The van der Waals surface area contributed by atoms with Crippen LogP contribution in [0.1, 0.15) is 25.0 Å². The summed E-state index contributed by atoms with van der Waals surface area (Å²) in [7, 11) is 0. The number of anilines is 3. The molecule has 12 rings (SSSR count). The van der Waals surface area contributed by atoms with Crippen LogP contribution in [0, 0.1) is 0 Å². The molecule has 11 aromatic rings. The van der Waals surface area contributed by atoms with E-state index in [9.17, 15) is 0 Å². The maximum Gasteiger partial charge on any atom is 0.0465 e. The van der Waals surface area contributed by atoms with Crippen LogP contribution in [-0.4, -0.2) is 0 Å². The molecule has 1 aliphatic rings. The fourth-order valence-electron chi connectivity index (χ4n) is 10.3. The topological polar surface area (TPSA) is 3.24 Å². The fraction of sp³-hybridized carbons (Fsp3) is 0.0492. The smallest absolute Gasteiger partial charge is 0.0465 e. The number of fused-ring (bicyclic) bond motifs is 10. The molecule has 0 radical (unpaired) electrons. The maximum absolute atomic E-state index is 2.41. The second-order valence-corrected chi connectivity index (χ2v) is 17.3. The first-order chi connectivity index (χ1) is 30.5. The molecule has 0 heterocycles. The lowest BCUT2D eigenvalue weighted by Crippen LogP contribution is -2.16. The van der Waals surface area contributed by atoms with Crippen LogP contribution in [0.25, 0.3) is 87.6 Å². The van der Waals surface area contributed by atoms with Crippen LogP contribution >= 0.6 is 0 Å². The van der Waals surface area contributed by atoms with Crippen LogP contribution < -0.4 is 4.90 Å². The van der Waals surface area contributed by atoms with Gasteiger partial charge in [0, 0.05) is 22.5 Å². The third-order valence-corrected chi connectivity index (χ3v) is 13.5. The van der Waals surface area contributed by atoms with Crippen molar-refractivity contribution in [3.63, 3.8) is 0 Å². The van der Waals surface area contributed by atoms with Gasteiger partial charge >= 0.3 is 0 Å². The minimum Gasteiger partial charge on any atom is -0.310 e. The van der Waals surface area contributed by atoms with E-state index in [0.29, 0.717) is 0 Å². The molecule has 1 aliphatic carbocycles. The van der Waals surface area contributed by atoms with Gasteiger partial charge in [0.15, 0.2) is 0 Å². The van der Waals surface area contributed by atoms with Gasteiger partial charge in [-0.25, -0.2) is 0 Å². The van der Waals surface area contributed by atoms with Crippen molar-refractivity contribution in [2.45, 2.75) is 19.3 Å². The summed E-state index contributed by atoms with van der Waals surface area (Å²) in [6, 6.07) is 82.9. The molecule has 11 aromatic carbocycles. The summed E-state index contributed by atoms with van der Waals surface area (Å²) in [5.41, 5.74) is 16.0. The molecule has 1 heteroatoms. The van der Waals surface area contributed by atoms with Crippen LogP contribution in [0.3, 0.4) is 0 Å². The second kappa shape index (κ2) is 14.2. The number of benzene rings is 11. The number of hydrogen-bond donors (Lipinski definition) is 0. The lowest BCUT2D eigenvalue weighted by Gasteiger charge is -2.28. The molecule has 0 aromatic heterocycles. The molecule has 0 aliphatic heterocycles. The lowest BCUT2D eigenvalue weighted by molar-refractivity contribution is 0.660. The summed E-state index contributed by atoms with van der Waals surface area (Å²) in [6.45, 7) is 4.71. The monoisotopic (exact) mass is 789 g/mol. The van der Waals surface area contributed by atoms with Gasteiger partial charge in [-0.3, -0.25) is 0 Å². The molecular weight excluding hydrogens is 747 g/mol. The highest BCUT2D eigenvalue weighted by Gasteiger charge is 2.35. The average molecular weight is 790 g/mol.